The van der Waals surface area contributed by atoms with E-state index >= 15 is 0 Å². The van der Waals surface area contributed by atoms with Crippen molar-refractivity contribution in [3.63, 3.8) is 0 Å². The first-order valence-electron chi connectivity index (χ1n) is 5.39. The molecular formula is C12H19FN2. The Morgan fingerprint density at radius 3 is 2.73 bits per heavy atom. The summed E-state index contributed by atoms with van der Waals surface area (Å²) in [4.78, 5) is 1.96. The Morgan fingerprint density at radius 2 is 2.13 bits per heavy atom. The number of benzene rings is 1. The molecule has 2 nitrogen and oxygen atoms in total. The molecule has 0 heterocycles. The Morgan fingerprint density at radius 1 is 1.40 bits per heavy atom. The summed E-state index contributed by atoms with van der Waals surface area (Å²) in [5.74, 6) is -0.156. The van der Waals surface area contributed by atoms with Crippen LogP contribution in [-0.4, -0.2) is 20.1 Å². The molecule has 0 unspecified atom stereocenters. The van der Waals surface area contributed by atoms with Crippen molar-refractivity contribution in [2.45, 2.75) is 19.8 Å². The smallest absolute Gasteiger partial charge is 0.146 e. The molecule has 3 heteroatoms. The van der Waals surface area contributed by atoms with E-state index in [1.54, 1.807) is 6.07 Å². The highest BCUT2D eigenvalue weighted by Crippen LogP contribution is 2.23. The van der Waals surface area contributed by atoms with Gasteiger partial charge in [-0.15, -0.1) is 0 Å². The molecule has 1 aromatic carbocycles. The standard InChI is InChI=1S/C12H19FN2/c1-3-9-15(2)12-10(7-8-14)5-4-6-11(12)13/h4-6H,3,7-9,14H2,1-2H3. The minimum Gasteiger partial charge on any atom is -0.372 e. The van der Waals surface area contributed by atoms with Crippen LogP contribution in [0.3, 0.4) is 0 Å². The van der Waals surface area contributed by atoms with E-state index in [4.69, 9.17) is 5.73 Å². The zero-order valence-corrected chi connectivity index (χ0v) is 9.46. The summed E-state index contributed by atoms with van der Waals surface area (Å²) in [5.41, 5.74) is 7.21. The normalized spacial score (nSPS) is 10.4. The molecule has 0 aliphatic rings. The molecule has 0 bridgehead atoms. The predicted octanol–water partition coefficient (Wildman–Crippen LogP) is 2.17. The zero-order valence-electron chi connectivity index (χ0n) is 9.46. The highest BCUT2D eigenvalue weighted by atomic mass is 19.1. The van der Waals surface area contributed by atoms with Crippen LogP contribution in [0.15, 0.2) is 18.2 Å². The van der Waals surface area contributed by atoms with Gasteiger partial charge in [0.15, 0.2) is 0 Å². The lowest BCUT2D eigenvalue weighted by Gasteiger charge is -2.22. The van der Waals surface area contributed by atoms with E-state index in [9.17, 15) is 4.39 Å². The van der Waals surface area contributed by atoms with Crippen LogP contribution in [0.1, 0.15) is 18.9 Å². The molecule has 0 saturated carbocycles. The van der Waals surface area contributed by atoms with E-state index in [1.165, 1.54) is 6.07 Å². The van der Waals surface area contributed by atoms with Crippen LogP contribution in [-0.2, 0) is 6.42 Å². The van der Waals surface area contributed by atoms with E-state index < -0.39 is 0 Å². The summed E-state index contributed by atoms with van der Waals surface area (Å²) in [7, 11) is 1.92. The second-order valence-corrected chi connectivity index (χ2v) is 3.71. The van der Waals surface area contributed by atoms with E-state index in [-0.39, 0.29) is 5.82 Å². The molecule has 15 heavy (non-hydrogen) atoms. The number of nitrogens with zero attached hydrogens (tertiary/aromatic N) is 1. The predicted molar refractivity (Wildman–Crippen MR) is 62.7 cm³/mol. The van der Waals surface area contributed by atoms with Crippen molar-refractivity contribution in [3.8, 4) is 0 Å². The lowest BCUT2D eigenvalue weighted by Crippen LogP contribution is -2.21. The Bertz CT molecular complexity index is 312. The maximum Gasteiger partial charge on any atom is 0.146 e. The Balaban J connectivity index is 3.00. The van der Waals surface area contributed by atoms with Crippen LogP contribution in [0, 0.1) is 5.82 Å². The Hall–Kier alpha value is -1.09. The van der Waals surface area contributed by atoms with E-state index in [1.807, 2.05) is 18.0 Å². The first-order valence-corrected chi connectivity index (χ1v) is 5.39. The number of nitrogens with two attached hydrogens (primary N) is 1. The van der Waals surface area contributed by atoms with Crippen LogP contribution in [0.25, 0.3) is 0 Å². The van der Waals surface area contributed by atoms with Gasteiger partial charge in [0.1, 0.15) is 5.82 Å². The average Bonchev–Trinajstić information content (AvgIpc) is 2.18. The van der Waals surface area contributed by atoms with Gasteiger partial charge in [-0.05, 0) is 31.0 Å². The summed E-state index contributed by atoms with van der Waals surface area (Å²) >= 11 is 0. The molecule has 0 aliphatic carbocycles. The zero-order chi connectivity index (χ0) is 11.3. The van der Waals surface area contributed by atoms with Crippen LogP contribution < -0.4 is 10.6 Å². The lowest BCUT2D eigenvalue weighted by atomic mass is 10.1. The van der Waals surface area contributed by atoms with Crippen molar-refractivity contribution in [3.05, 3.63) is 29.6 Å². The third-order valence-electron chi connectivity index (χ3n) is 2.42. The molecule has 0 aromatic heterocycles. The van der Waals surface area contributed by atoms with Gasteiger partial charge in [0, 0.05) is 13.6 Å². The molecular weight excluding hydrogens is 191 g/mol. The van der Waals surface area contributed by atoms with Gasteiger partial charge in [0.05, 0.1) is 5.69 Å². The highest BCUT2D eigenvalue weighted by Gasteiger charge is 2.11. The molecule has 1 rings (SSSR count). The molecule has 1 aromatic rings. The maximum absolute atomic E-state index is 13.7. The summed E-state index contributed by atoms with van der Waals surface area (Å²) in [5, 5.41) is 0. The van der Waals surface area contributed by atoms with Crippen molar-refractivity contribution in [1.82, 2.24) is 0 Å². The number of anilines is 1. The van der Waals surface area contributed by atoms with Crippen LogP contribution >= 0.6 is 0 Å². The minimum atomic E-state index is -0.156. The van der Waals surface area contributed by atoms with Crippen molar-refractivity contribution in [2.75, 3.05) is 25.0 Å². The van der Waals surface area contributed by atoms with Crippen molar-refractivity contribution in [1.29, 1.82) is 0 Å². The monoisotopic (exact) mass is 210 g/mol. The van der Waals surface area contributed by atoms with Gasteiger partial charge in [0.25, 0.3) is 0 Å². The molecule has 84 valence electrons. The number of halogens is 1. The highest BCUT2D eigenvalue weighted by molar-refractivity contribution is 5.54. The van der Waals surface area contributed by atoms with Gasteiger partial charge in [-0.1, -0.05) is 19.1 Å². The molecule has 0 amide bonds. The minimum absolute atomic E-state index is 0.156. The molecule has 0 aliphatic heterocycles. The first kappa shape index (κ1) is 12.0. The van der Waals surface area contributed by atoms with Gasteiger partial charge < -0.3 is 10.6 Å². The van der Waals surface area contributed by atoms with E-state index in [0.717, 1.165) is 24.9 Å². The van der Waals surface area contributed by atoms with Gasteiger partial charge >= 0.3 is 0 Å². The van der Waals surface area contributed by atoms with Crippen molar-refractivity contribution in [2.24, 2.45) is 5.73 Å². The number of hydrogen-bond acceptors (Lipinski definition) is 2. The van der Waals surface area contributed by atoms with Crippen LogP contribution in [0.2, 0.25) is 0 Å². The van der Waals surface area contributed by atoms with Crippen LogP contribution in [0.5, 0.6) is 0 Å². The SMILES string of the molecule is CCCN(C)c1c(F)cccc1CCN. The summed E-state index contributed by atoms with van der Waals surface area (Å²) in [6.45, 7) is 3.49. The number of rotatable bonds is 5. The summed E-state index contributed by atoms with van der Waals surface area (Å²) in [6.07, 6.45) is 1.73. The Kier molecular flexibility index (Phi) is 4.56. The maximum atomic E-state index is 13.7. The third-order valence-corrected chi connectivity index (χ3v) is 2.42. The molecule has 2 N–H and O–H groups in total. The number of hydrogen-bond donors (Lipinski definition) is 1. The molecule has 0 radical (unpaired) electrons. The second kappa shape index (κ2) is 5.71. The first-order chi connectivity index (χ1) is 7.20. The molecule has 0 saturated heterocycles. The van der Waals surface area contributed by atoms with Crippen molar-refractivity contribution >= 4 is 5.69 Å². The molecule has 0 atom stereocenters. The lowest BCUT2D eigenvalue weighted by molar-refractivity contribution is 0.619. The fourth-order valence-corrected chi connectivity index (χ4v) is 1.79. The second-order valence-electron chi connectivity index (χ2n) is 3.71. The van der Waals surface area contributed by atoms with Crippen LogP contribution in [0.4, 0.5) is 10.1 Å². The topological polar surface area (TPSA) is 29.3 Å². The fraction of sp³-hybridized carbons (Fsp3) is 0.500. The summed E-state index contributed by atoms with van der Waals surface area (Å²) in [6, 6.07) is 5.18. The summed E-state index contributed by atoms with van der Waals surface area (Å²) < 4.78 is 13.7. The van der Waals surface area contributed by atoms with Gasteiger partial charge in [0.2, 0.25) is 0 Å². The largest absolute Gasteiger partial charge is 0.372 e. The molecule has 0 fully saturated rings. The van der Waals surface area contributed by atoms with E-state index in [2.05, 4.69) is 6.92 Å². The van der Waals surface area contributed by atoms with Crippen molar-refractivity contribution < 1.29 is 4.39 Å². The van der Waals surface area contributed by atoms with Gasteiger partial charge in [-0.3, -0.25) is 0 Å². The fourth-order valence-electron chi connectivity index (χ4n) is 1.79. The van der Waals surface area contributed by atoms with E-state index in [0.29, 0.717) is 12.2 Å². The third kappa shape index (κ3) is 2.93. The van der Waals surface area contributed by atoms with Gasteiger partial charge in [-0.2, -0.15) is 0 Å². The van der Waals surface area contributed by atoms with Gasteiger partial charge in [-0.25, -0.2) is 4.39 Å². The quantitative estimate of drug-likeness (QED) is 0.807. The average molecular weight is 210 g/mol. The molecule has 0 spiro atoms. The number of para-hydroxylation sites is 1. The Labute approximate surface area is 90.9 Å².